The third-order valence-corrected chi connectivity index (χ3v) is 5.92. The molecule has 3 heteroatoms. The Morgan fingerprint density at radius 3 is 2.55 bits per heavy atom. The fraction of sp³-hybridized carbons (Fsp3) is 1.00. The third kappa shape index (κ3) is 3.75. The normalized spacial score (nSPS) is 39.1. The zero-order valence-electron chi connectivity index (χ0n) is 13.8. The first-order valence-corrected chi connectivity index (χ1v) is 8.68. The van der Waals surface area contributed by atoms with Gasteiger partial charge in [-0.25, -0.2) is 0 Å². The molecule has 2 aliphatic rings. The Kier molecular flexibility index (Phi) is 5.88. The van der Waals surface area contributed by atoms with E-state index in [0.29, 0.717) is 17.5 Å². The van der Waals surface area contributed by atoms with Crippen LogP contribution in [0.4, 0.5) is 0 Å². The lowest BCUT2D eigenvalue weighted by Gasteiger charge is -2.47. The molecule has 0 aromatic heterocycles. The number of hydrogen-bond acceptors (Lipinski definition) is 3. The van der Waals surface area contributed by atoms with Gasteiger partial charge in [-0.2, -0.15) is 0 Å². The first-order valence-electron chi connectivity index (χ1n) is 8.68. The first-order chi connectivity index (χ1) is 9.57. The molecule has 0 aromatic carbocycles. The minimum atomic E-state index is 0.369. The van der Waals surface area contributed by atoms with Gasteiger partial charge in [0.05, 0.1) is 0 Å². The van der Waals surface area contributed by atoms with Crippen LogP contribution in [-0.4, -0.2) is 43.7 Å². The van der Waals surface area contributed by atoms with E-state index in [-0.39, 0.29) is 0 Å². The van der Waals surface area contributed by atoms with E-state index in [1.807, 2.05) is 0 Å². The zero-order valence-corrected chi connectivity index (χ0v) is 13.8. The quantitative estimate of drug-likeness (QED) is 0.814. The van der Waals surface area contributed by atoms with Crippen LogP contribution in [-0.2, 0) is 0 Å². The second-order valence-corrected chi connectivity index (χ2v) is 7.59. The van der Waals surface area contributed by atoms with E-state index in [0.717, 1.165) is 19.0 Å². The van der Waals surface area contributed by atoms with E-state index in [1.165, 1.54) is 51.4 Å². The molecule has 2 aliphatic carbocycles. The molecule has 2 rings (SSSR count). The highest BCUT2D eigenvalue weighted by Crippen LogP contribution is 2.35. The van der Waals surface area contributed by atoms with Crippen molar-refractivity contribution in [1.82, 2.24) is 10.2 Å². The van der Waals surface area contributed by atoms with Crippen molar-refractivity contribution in [3.05, 3.63) is 0 Å². The molecule has 0 radical (unpaired) electrons. The summed E-state index contributed by atoms with van der Waals surface area (Å²) in [5, 5.41) is 3.91. The van der Waals surface area contributed by atoms with Gasteiger partial charge in [0.15, 0.2) is 0 Å². The van der Waals surface area contributed by atoms with E-state index in [2.05, 4.69) is 31.2 Å². The van der Waals surface area contributed by atoms with E-state index in [4.69, 9.17) is 5.73 Å². The summed E-state index contributed by atoms with van der Waals surface area (Å²) < 4.78 is 0. The van der Waals surface area contributed by atoms with Gasteiger partial charge >= 0.3 is 0 Å². The highest BCUT2D eigenvalue weighted by atomic mass is 15.2. The summed E-state index contributed by atoms with van der Waals surface area (Å²) >= 11 is 0. The Morgan fingerprint density at radius 2 is 1.90 bits per heavy atom. The average Bonchev–Trinajstić information content (AvgIpc) is 2.45. The third-order valence-electron chi connectivity index (χ3n) is 5.92. The predicted molar refractivity (Wildman–Crippen MR) is 86.9 cm³/mol. The second-order valence-electron chi connectivity index (χ2n) is 7.59. The van der Waals surface area contributed by atoms with Crippen molar-refractivity contribution in [3.8, 4) is 0 Å². The van der Waals surface area contributed by atoms with Crippen LogP contribution in [0.15, 0.2) is 0 Å². The predicted octanol–water partition coefficient (Wildman–Crippen LogP) is 2.60. The molecule has 20 heavy (non-hydrogen) atoms. The van der Waals surface area contributed by atoms with Crippen LogP contribution in [0.25, 0.3) is 0 Å². The molecule has 4 unspecified atom stereocenters. The van der Waals surface area contributed by atoms with E-state index in [1.54, 1.807) is 0 Å². The number of nitrogens with zero attached hydrogens (tertiary/aromatic N) is 1. The molecule has 0 amide bonds. The summed E-state index contributed by atoms with van der Waals surface area (Å²) in [7, 11) is 4.53. The van der Waals surface area contributed by atoms with Crippen molar-refractivity contribution in [2.24, 2.45) is 17.6 Å². The average molecular weight is 281 g/mol. The van der Waals surface area contributed by atoms with Crippen molar-refractivity contribution in [3.63, 3.8) is 0 Å². The summed E-state index contributed by atoms with van der Waals surface area (Å²) in [5.41, 5.74) is 6.34. The highest BCUT2D eigenvalue weighted by Gasteiger charge is 2.37. The highest BCUT2D eigenvalue weighted by molar-refractivity contribution is 4.96. The molecule has 2 saturated carbocycles. The Hall–Kier alpha value is -0.120. The number of rotatable bonds is 5. The molecule has 0 saturated heterocycles. The molecule has 0 aliphatic heterocycles. The lowest BCUT2D eigenvalue weighted by Crippen LogP contribution is -2.57. The molecule has 0 aromatic rings. The Balaban J connectivity index is 1.94. The molecule has 118 valence electrons. The van der Waals surface area contributed by atoms with Gasteiger partial charge in [0.2, 0.25) is 0 Å². The van der Waals surface area contributed by atoms with Crippen LogP contribution >= 0.6 is 0 Å². The van der Waals surface area contributed by atoms with E-state index in [9.17, 15) is 0 Å². The molecule has 0 heterocycles. The molecule has 0 bridgehead atoms. The largest absolute Gasteiger partial charge is 0.330 e. The molecule has 3 nitrogen and oxygen atoms in total. The Labute approximate surface area is 125 Å². The number of hydrogen-bond donors (Lipinski definition) is 2. The molecule has 4 atom stereocenters. The van der Waals surface area contributed by atoms with E-state index < -0.39 is 0 Å². The molecule has 0 spiro atoms. The number of nitrogens with one attached hydrogen (secondary N) is 1. The minimum absolute atomic E-state index is 0.369. The summed E-state index contributed by atoms with van der Waals surface area (Å²) in [5.74, 6) is 1.56. The summed E-state index contributed by atoms with van der Waals surface area (Å²) in [6, 6.07) is 0.655. The SMILES string of the molecule is CC1CCCC(CNC2CCCCC2CN)(N(C)C)C1. The van der Waals surface area contributed by atoms with Gasteiger partial charge in [0.1, 0.15) is 0 Å². The summed E-state index contributed by atoms with van der Waals surface area (Å²) in [4.78, 5) is 2.48. The lowest BCUT2D eigenvalue weighted by molar-refractivity contribution is 0.0674. The fourth-order valence-corrected chi connectivity index (χ4v) is 4.44. The van der Waals surface area contributed by atoms with Crippen LogP contribution in [0.1, 0.15) is 58.3 Å². The molecule has 3 N–H and O–H groups in total. The molecular formula is C17H35N3. The summed E-state index contributed by atoms with van der Waals surface area (Å²) in [6.07, 6.45) is 10.9. The van der Waals surface area contributed by atoms with Gasteiger partial charge in [0, 0.05) is 18.1 Å². The van der Waals surface area contributed by atoms with Gasteiger partial charge in [0.25, 0.3) is 0 Å². The van der Waals surface area contributed by atoms with Crippen molar-refractivity contribution in [1.29, 1.82) is 0 Å². The van der Waals surface area contributed by atoms with Gasteiger partial charge in [-0.05, 0) is 58.2 Å². The van der Waals surface area contributed by atoms with Gasteiger partial charge < -0.3 is 16.0 Å². The van der Waals surface area contributed by atoms with Gasteiger partial charge in [-0.15, -0.1) is 0 Å². The van der Waals surface area contributed by atoms with Crippen molar-refractivity contribution in [2.45, 2.75) is 69.9 Å². The molecule has 2 fully saturated rings. The monoisotopic (exact) mass is 281 g/mol. The van der Waals surface area contributed by atoms with Gasteiger partial charge in [-0.3, -0.25) is 0 Å². The topological polar surface area (TPSA) is 41.3 Å². The zero-order chi connectivity index (χ0) is 14.6. The standard InChI is InChI=1S/C17H35N3/c1-14-7-6-10-17(11-14,20(2)3)13-19-16-9-5-4-8-15(16)12-18/h14-16,19H,4-13,18H2,1-3H3. The fourth-order valence-electron chi connectivity index (χ4n) is 4.44. The minimum Gasteiger partial charge on any atom is -0.330 e. The Bertz CT molecular complexity index is 292. The maximum atomic E-state index is 5.97. The van der Waals surface area contributed by atoms with E-state index >= 15 is 0 Å². The van der Waals surface area contributed by atoms with Crippen LogP contribution in [0.2, 0.25) is 0 Å². The first kappa shape index (κ1) is 16.3. The molecular weight excluding hydrogens is 246 g/mol. The van der Waals surface area contributed by atoms with Crippen LogP contribution in [0, 0.1) is 11.8 Å². The van der Waals surface area contributed by atoms with Crippen molar-refractivity contribution in [2.75, 3.05) is 27.2 Å². The maximum absolute atomic E-state index is 5.97. The maximum Gasteiger partial charge on any atom is 0.0330 e. The van der Waals surface area contributed by atoms with Crippen molar-refractivity contribution >= 4 is 0 Å². The summed E-state index contributed by atoms with van der Waals surface area (Å²) in [6.45, 7) is 4.41. The smallest absolute Gasteiger partial charge is 0.0330 e. The van der Waals surface area contributed by atoms with Crippen LogP contribution in [0.5, 0.6) is 0 Å². The second kappa shape index (κ2) is 7.24. The number of likely N-dealkylation sites (N-methyl/N-ethyl adjacent to an activating group) is 1. The number of nitrogens with two attached hydrogens (primary N) is 1. The van der Waals surface area contributed by atoms with Crippen molar-refractivity contribution < 1.29 is 0 Å². The Morgan fingerprint density at radius 1 is 1.15 bits per heavy atom. The van der Waals surface area contributed by atoms with Crippen LogP contribution in [0.3, 0.4) is 0 Å². The van der Waals surface area contributed by atoms with Gasteiger partial charge in [-0.1, -0.05) is 32.6 Å². The van der Waals surface area contributed by atoms with Crippen LogP contribution < -0.4 is 11.1 Å². The lowest BCUT2D eigenvalue weighted by atomic mass is 9.75.